The van der Waals surface area contributed by atoms with E-state index in [9.17, 15) is 14.2 Å². The van der Waals surface area contributed by atoms with Crippen LogP contribution in [0.25, 0.3) is 0 Å². The molecule has 1 aliphatic heterocycles. The van der Waals surface area contributed by atoms with Crippen LogP contribution in [-0.2, 0) is 16.0 Å². The molecular formula is C13H14BFO4. The summed E-state index contributed by atoms with van der Waals surface area (Å²) in [5.74, 6) is -0.892. The molecule has 1 aromatic carbocycles. The molecule has 0 unspecified atom stereocenters. The fourth-order valence-corrected chi connectivity index (χ4v) is 2.33. The number of esters is 1. The summed E-state index contributed by atoms with van der Waals surface area (Å²) < 4.78 is 23.9. The molecule has 0 bridgehead atoms. The highest BCUT2D eigenvalue weighted by Gasteiger charge is 2.30. The molecule has 4 nitrogen and oxygen atoms in total. The highest BCUT2D eigenvalue weighted by Crippen LogP contribution is 2.26. The molecule has 1 heterocycles. The molecule has 3 rings (SSSR count). The molecule has 0 radical (unpaired) electrons. The van der Waals surface area contributed by atoms with Gasteiger partial charge in [-0.2, -0.15) is 0 Å². The van der Waals surface area contributed by atoms with E-state index in [-0.39, 0.29) is 12.2 Å². The van der Waals surface area contributed by atoms with Crippen molar-refractivity contribution in [2.45, 2.75) is 25.9 Å². The summed E-state index contributed by atoms with van der Waals surface area (Å²) in [5, 5.41) is 9.55. The number of rotatable bonds is 3. The Kier molecular flexibility index (Phi) is 3.28. The molecule has 0 saturated heterocycles. The topological polar surface area (TPSA) is 55.8 Å². The number of carbonyl (C=O) groups is 1. The lowest BCUT2D eigenvalue weighted by Gasteiger charge is -2.24. The zero-order chi connectivity index (χ0) is 13.4. The van der Waals surface area contributed by atoms with Crippen molar-refractivity contribution < 1.29 is 23.6 Å². The summed E-state index contributed by atoms with van der Waals surface area (Å²) >= 11 is 0. The van der Waals surface area contributed by atoms with Crippen molar-refractivity contribution in [1.29, 1.82) is 0 Å². The molecular weight excluding hydrogens is 250 g/mol. The van der Waals surface area contributed by atoms with Crippen LogP contribution in [0.5, 0.6) is 0 Å². The average molecular weight is 264 g/mol. The van der Waals surface area contributed by atoms with E-state index in [1.807, 2.05) is 0 Å². The van der Waals surface area contributed by atoms with Gasteiger partial charge in [0.05, 0.1) is 18.8 Å². The number of hydrogen-bond donors (Lipinski definition) is 1. The van der Waals surface area contributed by atoms with Crippen molar-refractivity contribution in [1.82, 2.24) is 0 Å². The molecule has 1 N–H and O–H groups in total. The van der Waals surface area contributed by atoms with Crippen molar-refractivity contribution in [2.24, 2.45) is 5.92 Å². The third-order valence-electron chi connectivity index (χ3n) is 3.79. The lowest BCUT2D eigenvalue weighted by molar-refractivity contribution is 0.0366. The Balaban J connectivity index is 1.75. The van der Waals surface area contributed by atoms with Crippen LogP contribution in [0.1, 0.15) is 35.2 Å². The van der Waals surface area contributed by atoms with Gasteiger partial charge in [0.1, 0.15) is 5.82 Å². The van der Waals surface area contributed by atoms with Crippen LogP contribution in [0.2, 0.25) is 0 Å². The van der Waals surface area contributed by atoms with Crippen molar-refractivity contribution in [3.8, 4) is 0 Å². The predicted octanol–water partition coefficient (Wildman–Crippen LogP) is 1.00. The molecule has 100 valence electrons. The van der Waals surface area contributed by atoms with E-state index in [1.54, 1.807) is 0 Å². The summed E-state index contributed by atoms with van der Waals surface area (Å²) in [6.07, 6.45) is 3.29. The van der Waals surface area contributed by atoms with Gasteiger partial charge in [0.25, 0.3) is 0 Å². The number of fused-ring (bicyclic) bond motifs is 1. The van der Waals surface area contributed by atoms with Gasteiger partial charge in [-0.15, -0.1) is 0 Å². The normalized spacial score (nSPS) is 18.1. The lowest BCUT2D eigenvalue weighted by Crippen LogP contribution is -2.29. The Hall–Kier alpha value is -1.40. The minimum Gasteiger partial charge on any atom is -0.462 e. The Labute approximate surface area is 110 Å². The SMILES string of the molecule is O=C(OCC1CCC1)c1cc2c(cc1F)COB2O. The molecule has 1 saturated carbocycles. The zero-order valence-electron chi connectivity index (χ0n) is 10.4. The third kappa shape index (κ3) is 2.38. The molecule has 0 atom stereocenters. The quantitative estimate of drug-likeness (QED) is 0.653. The first-order chi connectivity index (χ1) is 9.15. The fourth-order valence-electron chi connectivity index (χ4n) is 2.33. The monoisotopic (exact) mass is 264 g/mol. The van der Waals surface area contributed by atoms with E-state index in [2.05, 4.69) is 0 Å². The van der Waals surface area contributed by atoms with Crippen LogP contribution < -0.4 is 5.46 Å². The summed E-state index contributed by atoms with van der Waals surface area (Å²) in [7, 11) is -1.09. The molecule has 1 aliphatic carbocycles. The summed E-state index contributed by atoms with van der Waals surface area (Å²) in [6, 6.07) is 2.55. The molecule has 0 spiro atoms. The second kappa shape index (κ2) is 4.94. The van der Waals surface area contributed by atoms with E-state index in [0.717, 1.165) is 12.8 Å². The van der Waals surface area contributed by atoms with Crippen LogP contribution in [0, 0.1) is 11.7 Å². The standard InChI is InChI=1S/C13H14BFO4/c15-12-4-9-7-19-14(17)11(9)5-10(12)13(16)18-6-8-2-1-3-8/h4-5,8,17H,1-3,6-7H2. The highest BCUT2D eigenvalue weighted by atomic mass is 19.1. The smallest absolute Gasteiger partial charge is 0.462 e. The molecule has 2 aliphatic rings. The second-order valence-corrected chi connectivity index (χ2v) is 5.09. The third-order valence-corrected chi connectivity index (χ3v) is 3.79. The van der Waals surface area contributed by atoms with E-state index in [4.69, 9.17) is 9.39 Å². The molecule has 6 heteroatoms. The van der Waals surface area contributed by atoms with Crippen molar-refractivity contribution in [3.05, 3.63) is 29.1 Å². The van der Waals surface area contributed by atoms with Crippen LogP contribution in [0.3, 0.4) is 0 Å². The van der Waals surface area contributed by atoms with Gasteiger partial charge in [-0.3, -0.25) is 0 Å². The lowest BCUT2D eigenvalue weighted by atomic mass is 9.78. The number of halogens is 1. The van der Waals surface area contributed by atoms with Crippen molar-refractivity contribution in [2.75, 3.05) is 6.61 Å². The molecule has 1 fully saturated rings. The first kappa shape index (κ1) is 12.6. The second-order valence-electron chi connectivity index (χ2n) is 5.09. The zero-order valence-corrected chi connectivity index (χ0v) is 10.4. The van der Waals surface area contributed by atoms with Crippen LogP contribution in [0.4, 0.5) is 4.39 Å². The Morgan fingerprint density at radius 3 is 3.00 bits per heavy atom. The Morgan fingerprint density at radius 2 is 2.32 bits per heavy atom. The maximum Gasteiger partial charge on any atom is 0.491 e. The highest BCUT2D eigenvalue weighted by molar-refractivity contribution is 6.61. The van der Waals surface area contributed by atoms with Gasteiger partial charge < -0.3 is 14.4 Å². The summed E-state index contributed by atoms with van der Waals surface area (Å²) in [5.41, 5.74) is 0.875. The van der Waals surface area contributed by atoms with Gasteiger partial charge in [-0.25, -0.2) is 9.18 Å². The van der Waals surface area contributed by atoms with Gasteiger partial charge in [0.2, 0.25) is 0 Å². The number of ether oxygens (including phenoxy) is 1. The van der Waals surface area contributed by atoms with Crippen LogP contribution in [-0.4, -0.2) is 24.7 Å². The molecule has 0 aromatic heterocycles. The van der Waals surface area contributed by atoms with Gasteiger partial charge >= 0.3 is 13.1 Å². The fraction of sp³-hybridized carbons (Fsp3) is 0.462. The van der Waals surface area contributed by atoms with E-state index < -0.39 is 18.9 Å². The van der Waals surface area contributed by atoms with E-state index in [0.29, 0.717) is 23.6 Å². The summed E-state index contributed by atoms with van der Waals surface area (Å²) in [4.78, 5) is 11.8. The number of carbonyl (C=O) groups excluding carboxylic acids is 1. The number of hydrogen-bond acceptors (Lipinski definition) is 4. The van der Waals surface area contributed by atoms with Crippen molar-refractivity contribution >= 4 is 18.6 Å². The van der Waals surface area contributed by atoms with Crippen LogP contribution in [0.15, 0.2) is 12.1 Å². The first-order valence-electron chi connectivity index (χ1n) is 6.44. The van der Waals surface area contributed by atoms with Gasteiger partial charge in [0.15, 0.2) is 0 Å². The van der Waals surface area contributed by atoms with Crippen molar-refractivity contribution in [3.63, 3.8) is 0 Å². The van der Waals surface area contributed by atoms with Gasteiger partial charge in [-0.05, 0) is 41.9 Å². The van der Waals surface area contributed by atoms with E-state index in [1.165, 1.54) is 18.6 Å². The maximum atomic E-state index is 13.8. The first-order valence-corrected chi connectivity index (χ1v) is 6.44. The largest absolute Gasteiger partial charge is 0.491 e. The number of benzene rings is 1. The average Bonchev–Trinajstić information content (AvgIpc) is 2.67. The maximum absolute atomic E-state index is 13.8. The van der Waals surface area contributed by atoms with E-state index >= 15 is 0 Å². The minimum atomic E-state index is -1.09. The molecule has 1 aromatic rings. The van der Waals surface area contributed by atoms with Gasteiger partial charge in [0, 0.05) is 0 Å². The summed E-state index contributed by atoms with van der Waals surface area (Å²) in [6.45, 7) is 0.499. The predicted molar refractivity (Wildman–Crippen MR) is 66.4 cm³/mol. The minimum absolute atomic E-state index is 0.136. The van der Waals surface area contributed by atoms with Gasteiger partial charge in [-0.1, -0.05) is 6.42 Å². The molecule has 0 amide bonds. The molecule has 19 heavy (non-hydrogen) atoms. The Bertz CT molecular complexity index is 516. The van der Waals surface area contributed by atoms with Crippen LogP contribution >= 0.6 is 0 Å². The Morgan fingerprint density at radius 1 is 1.53 bits per heavy atom.